The molecule has 1 atom stereocenters. The molecule has 1 N–H and O–H groups in total. The molecule has 4 fully saturated rings. The molecule has 1 aliphatic carbocycles. The Morgan fingerprint density at radius 1 is 1.32 bits per heavy atom. The fraction of sp³-hybridized carbons (Fsp3) is 0.588. The van der Waals surface area contributed by atoms with E-state index in [0.717, 1.165) is 28.5 Å². The molecule has 2 aromatic rings. The van der Waals surface area contributed by atoms with E-state index in [1.54, 1.807) is 7.11 Å². The smallest absolute Gasteiger partial charge is 0.177 e. The zero-order chi connectivity index (χ0) is 14.7. The molecule has 22 heavy (non-hydrogen) atoms. The molecule has 0 amide bonds. The number of piperidine rings is 3. The molecule has 1 aromatic carbocycles. The van der Waals surface area contributed by atoms with Crippen LogP contribution in [0.15, 0.2) is 22.7 Å². The first kappa shape index (κ1) is 12.8. The molecule has 6 rings (SSSR count). The summed E-state index contributed by atoms with van der Waals surface area (Å²) >= 11 is 0. The summed E-state index contributed by atoms with van der Waals surface area (Å²) in [6.07, 6.45) is 5.27. The van der Waals surface area contributed by atoms with Gasteiger partial charge in [0, 0.05) is 17.6 Å². The van der Waals surface area contributed by atoms with Crippen molar-refractivity contribution in [2.75, 3.05) is 25.5 Å². The maximum Gasteiger partial charge on any atom is 0.177 e. The molecule has 2 bridgehead atoms. The average molecular weight is 299 g/mol. The molecule has 4 heterocycles. The second-order valence-electron chi connectivity index (χ2n) is 6.94. The summed E-state index contributed by atoms with van der Waals surface area (Å²) in [4.78, 5) is 2.70. The Balaban J connectivity index is 1.48. The molecule has 0 radical (unpaired) electrons. The molecule has 1 spiro atoms. The summed E-state index contributed by atoms with van der Waals surface area (Å²) in [7, 11) is 1.67. The van der Waals surface area contributed by atoms with Crippen LogP contribution in [0.25, 0.3) is 11.0 Å². The fourth-order valence-electron chi connectivity index (χ4n) is 4.62. The van der Waals surface area contributed by atoms with E-state index in [1.807, 2.05) is 18.2 Å². The Morgan fingerprint density at radius 3 is 2.86 bits per heavy atom. The Kier molecular flexibility index (Phi) is 2.54. The van der Waals surface area contributed by atoms with Gasteiger partial charge in [0.15, 0.2) is 11.4 Å². The maximum absolute atomic E-state index is 5.50. The molecule has 5 heteroatoms. The Bertz CT molecular complexity index is 714. The Labute approximate surface area is 129 Å². The van der Waals surface area contributed by atoms with Gasteiger partial charge in [0.1, 0.15) is 5.75 Å². The van der Waals surface area contributed by atoms with E-state index in [-0.39, 0.29) is 0 Å². The number of nitrogens with one attached hydrogen (secondary N) is 1. The lowest BCUT2D eigenvalue weighted by molar-refractivity contribution is 0.0202. The van der Waals surface area contributed by atoms with Gasteiger partial charge in [-0.3, -0.25) is 4.90 Å². The monoisotopic (exact) mass is 299 g/mol. The van der Waals surface area contributed by atoms with Crippen molar-refractivity contribution >= 4 is 16.8 Å². The number of hydrogen-bond donors (Lipinski definition) is 1. The molecule has 0 unspecified atom stereocenters. The molecule has 3 saturated heterocycles. The topological polar surface area (TPSA) is 50.5 Å². The van der Waals surface area contributed by atoms with Crippen LogP contribution in [0.2, 0.25) is 0 Å². The van der Waals surface area contributed by atoms with Crippen molar-refractivity contribution in [1.29, 1.82) is 0 Å². The number of aromatic nitrogens is 1. The number of nitrogens with zero attached hydrogens (tertiary/aromatic N) is 2. The highest BCUT2D eigenvalue weighted by Gasteiger charge is 2.60. The second-order valence-corrected chi connectivity index (χ2v) is 6.94. The summed E-state index contributed by atoms with van der Waals surface area (Å²) in [6.45, 7) is 2.55. The number of fused-ring (bicyclic) bond motifs is 3. The summed E-state index contributed by atoms with van der Waals surface area (Å²) in [5, 5.41) is 9.07. The van der Waals surface area contributed by atoms with E-state index in [4.69, 9.17) is 9.26 Å². The number of ether oxygens (including phenoxy) is 1. The van der Waals surface area contributed by atoms with Crippen molar-refractivity contribution in [2.24, 2.45) is 5.92 Å². The first-order valence-corrected chi connectivity index (χ1v) is 8.25. The minimum atomic E-state index is 0.402. The van der Waals surface area contributed by atoms with E-state index >= 15 is 0 Å². The van der Waals surface area contributed by atoms with Crippen molar-refractivity contribution in [3.63, 3.8) is 0 Å². The van der Waals surface area contributed by atoms with E-state index in [0.29, 0.717) is 11.6 Å². The quantitative estimate of drug-likeness (QED) is 0.944. The SMILES string of the molecule is COc1ccc2c(N[C@@H]3C4CCN(CC4)C34CC4)noc2c1. The van der Waals surface area contributed by atoms with E-state index in [9.17, 15) is 0 Å². The number of hydrogen-bond acceptors (Lipinski definition) is 5. The highest BCUT2D eigenvalue weighted by Crippen LogP contribution is 2.54. The van der Waals surface area contributed by atoms with Crippen LogP contribution in [-0.2, 0) is 0 Å². The third-order valence-electron chi connectivity index (χ3n) is 5.95. The summed E-state index contributed by atoms with van der Waals surface area (Å²) in [5.74, 6) is 2.47. The van der Waals surface area contributed by atoms with Crippen molar-refractivity contribution < 1.29 is 9.26 Å². The number of methoxy groups -OCH3 is 1. The van der Waals surface area contributed by atoms with E-state index < -0.39 is 0 Å². The minimum absolute atomic E-state index is 0.402. The predicted octanol–water partition coefficient (Wildman–Crippen LogP) is 2.88. The van der Waals surface area contributed by atoms with Crippen LogP contribution in [0.5, 0.6) is 5.75 Å². The lowest BCUT2D eigenvalue weighted by Crippen LogP contribution is -2.62. The minimum Gasteiger partial charge on any atom is -0.497 e. The van der Waals surface area contributed by atoms with Gasteiger partial charge in [0.25, 0.3) is 0 Å². The van der Waals surface area contributed by atoms with Crippen molar-refractivity contribution in [1.82, 2.24) is 10.1 Å². The zero-order valence-electron chi connectivity index (χ0n) is 12.8. The van der Waals surface area contributed by atoms with Crippen molar-refractivity contribution in [3.8, 4) is 5.75 Å². The van der Waals surface area contributed by atoms with Crippen molar-refractivity contribution in [3.05, 3.63) is 18.2 Å². The lowest BCUT2D eigenvalue weighted by atomic mass is 9.77. The first-order chi connectivity index (χ1) is 10.8. The van der Waals surface area contributed by atoms with Crippen LogP contribution < -0.4 is 10.1 Å². The van der Waals surface area contributed by atoms with Crippen LogP contribution in [0.1, 0.15) is 25.7 Å². The summed E-state index contributed by atoms with van der Waals surface area (Å²) < 4.78 is 10.7. The summed E-state index contributed by atoms with van der Waals surface area (Å²) in [5.41, 5.74) is 1.19. The molecule has 1 aromatic heterocycles. The largest absolute Gasteiger partial charge is 0.497 e. The highest BCUT2D eigenvalue weighted by molar-refractivity contribution is 5.89. The van der Waals surface area contributed by atoms with Gasteiger partial charge in [-0.2, -0.15) is 0 Å². The van der Waals surface area contributed by atoms with Gasteiger partial charge in [-0.15, -0.1) is 0 Å². The van der Waals surface area contributed by atoms with Crippen LogP contribution >= 0.6 is 0 Å². The van der Waals surface area contributed by atoms with Crippen molar-refractivity contribution in [2.45, 2.75) is 37.3 Å². The Hall–Kier alpha value is -1.75. The highest BCUT2D eigenvalue weighted by atomic mass is 16.5. The van der Waals surface area contributed by atoms with Gasteiger partial charge in [0.2, 0.25) is 0 Å². The van der Waals surface area contributed by atoms with E-state index in [1.165, 1.54) is 38.8 Å². The summed E-state index contributed by atoms with van der Waals surface area (Å²) in [6, 6.07) is 6.42. The molecule has 4 aliphatic rings. The lowest BCUT2D eigenvalue weighted by Gasteiger charge is -2.52. The maximum atomic E-state index is 5.50. The molecule has 5 nitrogen and oxygen atoms in total. The number of rotatable bonds is 3. The third-order valence-corrected chi connectivity index (χ3v) is 5.95. The van der Waals surface area contributed by atoms with Gasteiger partial charge in [-0.05, 0) is 56.8 Å². The molecule has 116 valence electrons. The predicted molar refractivity (Wildman–Crippen MR) is 84.2 cm³/mol. The number of anilines is 1. The van der Waals surface area contributed by atoms with Gasteiger partial charge in [0.05, 0.1) is 12.5 Å². The second kappa shape index (κ2) is 4.38. The van der Waals surface area contributed by atoms with Crippen LogP contribution in [-0.4, -0.2) is 41.8 Å². The van der Waals surface area contributed by atoms with Gasteiger partial charge in [-0.1, -0.05) is 5.16 Å². The van der Waals surface area contributed by atoms with Crippen LogP contribution in [0, 0.1) is 5.92 Å². The van der Waals surface area contributed by atoms with Crippen LogP contribution in [0.4, 0.5) is 5.82 Å². The van der Waals surface area contributed by atoms with Gasteiger partial charge >= 0.3 is 0 Å². The normalized spacial score (nSPS) is 31.6. The molecule has 1 saturated carbocycles. The van der Waals surface area contributed by atoms with E-state index in [2.05, 4.69) is 15.4 Å². The molecular formula is C17H21N3O2. The zero-order valence-corrected chi connectivity index (χ0v) is 12.8. The van der Waals surface area contributed by atoms with Crippen LogP contribution in [0.3, 0.4) is 0 Å². The van der Waals surface area contributed by atoms with Gasteiger partial charge < -0.3 is 14.6 Å². The molecular weight excluding hydrogens is 278 g/mol. The standard InChI is InChI=1S/C17H21N3O2/c1-21-12-2-3-13-14(10-12)22-19-16(13)18-15-11-4-8-20(9-5-11)17(15)6-7-17/h2-3,10-11,15H,4-9H2,1H3,(H,18,19)/t15-/m1/s1. The first-order valence-electron chi connectivity index (χ1n) is 8.25. The number of benzene rings is 1. The Morgan fingerprint density at radius 2 is 2.14 bits per heavy atom. The fourth-order valence-corrected chi connectivity index (χ4v) is 4.62. The average Bonchev–Trinajstić information content (AvgIpc) is 3.25. The van der Waals surface area contributed by atoms with Gasteiger partial charge in [-0.25, -0.2) is 0 Å². The molecule has 3 aliphatic heterocycles. The third kappa shape index (κ3) is 1.66.